The van der Waals surface area contributed by atoms with Crippen molar-refractivity contribution < 1.29 is 18.8 Å². The number of rotatable bonds is 3. The number of carbonyl (C=O) groups excluding carboxylic acids is 1. The van der Waals surface area contributed by atoms with Crippen LogP contribution < -0.4 is 0 Å². The van der Waals surface area contributed by atoms with E-state index in [0.29, 0.717) is 28.1 Å². The summed E-state index contributed by atoms with van der Waals surface area (Å²) in [6.07, 6.45) is 2.93. The number of phenols is 1. The van der Waals surface area contributed by atoms with Crippen LogP contribution in [-0.4, -0.2) is 21.0 Å². The summed E-state index contributed by atoms with van der Waals surface area (Å²) >= 11 is 0. The van der Waals surface area contributed by atoms with Gasteiger partial charge in [0, 0.05) is 11.8 Å². The fourth-order valence-electron chi connectivity index (χ4n) is 2.37. The lowest BCUT2D eigenvalue weighted by atomic mass is 10.0. The molecule has 0 aliphatic heterocycles. The molecule has 4 rings (SSSR count). The van der Waals surface area contributed by atoms with Gasteiger partial charge in [-0.3, -0.25) is 4.79 Å². The quantitative estimate of drug-likeness (QED) is 0.583. The molecule has 1 aromatic carbocycles. The Labute approximate surface area is 130 Å². The second-order valence-corrected chi connectivity index (χ2v) is 4.93. The zero-order chi connectivity index (χ0) is 15.8. The summed E-state index contributed by atoms with van der Waals surface area (Å²) in [6.45, 7) is 0. The number of nitrogens with zero attached hydrogens (tertiary/aromatic N) is 2. The van der Waals surface area contributed by atoms with Gasteiger partial charge in [0.1, 0.15) is 5.75 Å². The first-order chi connectivity index (χ1) is 11.2. The van der Waals surface area contributed by atoms with E-state index in [-0.39, 0.29) is 17.1 Å². The Morgan fingerprint density at radius 3 is 2.78 bits per heavy atom. The number of aromatic nitrogens is 2. The molecule has 0 spiro atoms. The van der Waals surface area contributed by atoms with E-state index in [1.165, 1.54) is 18.5 Å². The van der Waals surface area contributed by atoms with E-state index in [0.717, 1.165) is 0 Å². The first-order valence-corrected chi connectivity index (χ1v) is 6.86. The zero-order valence-electron chi connectivity index (χ0n) is 11.8. The number of aromatic hydroxyl groups is 1. The molecule has 0 atom stereocenters. The third-order valence-electron chi connectivity index (χ3n) is 3.50. The number of fused-ring (bicyclic) bond motifs is 1. The molecule has 0 aliphatic carbocycles. The van der Waals surface area contributed by atoms with Gasteiger partial charge in [-0.05, 0) is 30.3 Å². The molecule has 3 heterocycles. The van der Waals surface area contributed by atoms with Crippen molar-refractivity contribution in [3.63, 3.8) is 0 Å². The predicted octanol–water partition coefficient (Wildman–Crippen LogP) is 3.42. The summed E-state index contributed by atoms with van der Waals surface area (Å²) < 4.78 is 10.5. The standard InChI is InChI=1S/C17H10N2O4/c20-13-5-2-1-4-11(13)16(21)10-8-12-15(14-6-3-7-22-14)19-23-17(12)18-9-10/h1-9,20H. The number of para-hydroxylation sites is 1. The molecular formula is C17H10N2O4. The molecule has 6 nitrogen and oxygen atoms in total. The normalized spacial score (nSPS) is 11.0. The number of hydrogen-bond donors (Lipinski definition) is 1. The molecule has 6 heteroatoms. The van der Waals surface area contributed by atoms with Crippen molar-refractivity contribution in [1.82, 2.24) is 10.1 Å². The van der Waals surface area contributed by atoms with Crippen molar-refractivity contribution in [2.75, 3.05) is 0 Å². The molecule has 0 unspecified atom stereocenters. The van der Waals surface area contributed by atoms with E-state index in [1.54, 1.807) is 36.4 Å². The average Bonchev–Trinajstić information content (AvgIpc) is 3.23. The third kappa shape index (κ3) is 2.17. The third-order valence-corrected chi connectivity index (χ3v) is 3.50. The highest BCUT2D eigenvalue weighted by Gasteiger charge is 2.18. The maximum absolute atomic E-state index is 12.6. The fraction of sp³-hybridized carbons (Fsp3) is 0. The topological polar surface area (TPSA) is 89.4 Å². The van der Waals surface area contributed by atoms with Gasteiger partial charge in [0.15, 0.2) is 17.2 Å². The molecular weight excluding hydrogens is 296 g/mol. The first-order valence-electron chi connectivity index (χ1n) is 6.86. The van der Waals surface area contributed by atoms with Gasteiger partial charge in [-0.15, -0.1) is 0 Å². The Balaban J connectivity index is 1.84. The van der Waals surface area contributed by atoms with Crippen LogP contribution in [0.5, 0.6) is 5.75 Å². The first kappa shape index (κ1) is 13.3. The van der Waals surface area contributed by atoms with Gasteiger partial charge in [-0.1, -0.05) is 17.3 Å². The van der Waals surface area contributed by atoms with Crippen LogP contribution in [0.1, 0.15) is 15.9 Å². The maximum atomic E-state index is 12.6. The van der Waals surface area contributed by atoms with Crippen LogP contribution in [0.25, 0.3) is 22.6 Å². The van der Waals surface area contributed by atoms with Crippen molar-refractivity contribution in [2.45, 2.75) is 0 Å². The molecule has 0 amide bonds. The molecule has 3 aromatic heterocycles. The monoisotopic (exact) mass is 306 g/mol. The number of carbonyl (C=O) groups is 1. The maximum Gasteiger partial charge on any atom is 0.258 e. The summed E-state index contributed by atoms with van der Waals surface area (Å²) in [7, 11) is 0. The Kier molecular flexibility index (Phi) is 2.94. The summed E-state index contributed by atoms with van der Waals surface area (Å²) in [5, 5.41) is 14.3. The van der Waals surface area contributed by atoms with Gasteiger partial charge in [0.2, 0.25) is 0 Å². The Hall–Kier alpha value is -3.41. The minimum Gasteiger partial charge on any atom is -0.507 e. The van der Waals surface area contributed by atoms with Crippen molar-refractivity contribution in [1.29, 1.82) is 0 Å². The minimum atomic E-state index is -0.330. The molecule has 0 bridgehead atoms. The predicted molar refractivity (Wildman–Crippen MR) is 81.0 cm³/mol. The lowest BCUT2D eigenvalue weighted by molar-refractivity contribution is 0.103. The largest absolute Gasteiger partial charge is 0.507 e. The molecule has 112 valence electrons. The molecule has 23 heavy (non-hydrogen) atoms. The van der Waals surface area contributed by atoms with Crippen LogP contribution in [0.3, 0.4) is 0 Å². The summed E-state index contributed by atoms with van der Waals surface area (Å²) in [5.41, 5.74) is 1.33. The summed E-state index contributed by atoms with van der Waals surface area (Å²) in [6, 6.07) is 11.5. The Morgan fingerprint density at radius 2 is 2.00 bits per heavy atom. The van der Waals surface area contributed by atoms with Crippen molar-refractivity contribution >= 4 is 16.9 Å². The van der Waals surface area contributed by atoms with Crippen LogP contribution in [0.15, 0.2) is 63.9 Å². The fourth-order valence-corrected chi connectivity index (χ4v) is 2.37. The summed E-state index contributed by atoms with van der Waals surface area (Å²) in [5.74, 6) is 0.121. The van der Waals surface area contributed by atoms with E-state index < -0.39 is 0 Å². The van der Waals surface area contributed by atoms with Gasteiger partial charge in [-0.2, -0.15) is 0 Å². The number of furan rings is 1. The highest BCUT2D eigenvalue weighted by Crippen LogP contribution is 2.29. The van der Waals surface area contributed by atoms with Crippen LogP contribution >= 0.6 is 0 Å². The van der Waals surface area contributed by atoms with Gasteiger partial charge >= 0.3 is 0 Å². The second kappa shape index (κ2) is 5.10. The van der Waals surface area contributed by atoms with E-state index in [9.17, 15) is 9.90 Å². The highest BCUT2D eigenvalue weighted by atomic mass is 16.5. The molecule has 0 radical (unpaired) electrons. The lowest BCUT2D eigenvalue weighted by Crippen LogP contribution is -2.02. The Morgan fingerprint density at radius 1 is 1.13 bits per heavy atom. The highest BCUT2D eigenvalue weighted by molar-refractivity contribution is 6.12. The number of benzene rings is 1. The summed E-state index contributed by atoms with van der Waals surface area (Å²) in [4.78, 5) is 16.7. The Bertz CT molecular complexity index is 1000. The van der Waals surface area contributed by atoms with Crippen molar-refractivity contribution in [3.05, 3.63) is 66.1 Å². The number of hydrogen-bond acceptors (Lipinski definition) is 6. The minimum absolute atomic E-state index is 0.0748. The van der Waals surface area contributed by atoms with E-state index in [1.807, 2.05) is 0 Å². The zero-order valence-corrected chi connectivity index (χ0v) is 11.8. The van der Waals surface area contributed by atoms with Gasteiger partial charge in [-0.25, -0.2) is 4.98 Å². The van der Waals surface area contributed by atoms with Gasteiger partial charge < -0.3 is 14.0 Å². The van der Waals surface area contributed by atoms with Gasteiger partial charge in [0.05, 0.1) is 17.2 Å². The molecule has 4 aromatic rings. The molecule has 0 saturated carbocycles. The van der Waals surface area contributed by atoms with E-state index >= 15 is 0 Å². The van der Waals surface area contributed by atoms with E-state index in [4.69, 9.17) is 8.94 Å². The molecule has 0 fully saturated rings. The van der Waals surface area contributed by atoms with Crippen LogP contribution in [0.2, 0.25) is 0 Å². The number of ketones is 1. The van der Waals surface area contributed by atoms with Crippen molar-refractivity contribution in [2.24, 2.45) is 0 Å². The SMILES string of the molecule is O=C(c1cnc2onc(-c3ccco3)c2c1)c1ccccc1O. The average molecular weight is 306 g/mol. The smallest absolute Gasteiger partial charge is 0.258 e. The number of pyridine rings is 1. The van der Waals surface area contributed by atoms with Crippen molar-refractivity contribution in [3.8, 4) is 17.2 Å². The van der Waals surface area contributed by atoms with Crippen LogP contribution in [0, 0.1) is 0 Å². The second-order valence-electron chi connectivity index (χ2n) is 4.93. The molecule has 1 N–H and O–H groups in total. The van der Waals surface area contributed by atoms with Crippen LogP contribution in [0.4, 0.5) is 0 Å². The van der Waals surface area contributed by atoms with Crippen LogP contribution in [-0.2, 0) is 0 Å². The number of phenolic OH excluding ortho intramolecular Hbond substituents is 1. The van der Waals surface area contributed by atoms with Gasteiger partial charge in [0.25, 0.3) is 5.71 Å². The van der Waals surface area contributed by atoms with E-state index in [2.05, 4.69) is 10.1 Å². The molecule has 0 saturated heterocycles. The molecule has 0 aliphatic rings. The lowest BCUT2D eigenvalue weighted by Gasteiger charge is -2.03.